The van der Waals surface area contributed by atoms with E-state index in [0.717, 1.165) is 44.9 Å². The average molecular weight is 1140 g/mol. The molecule has 2 atom stereocenters. The average Bonchev–Trinajstić information content (AvgIpc) is 3.44. The number of ether oxygens (including phenoxy) is 4. The minimum atomic E-state index is -1.62. The number of aliphatic carboxylic acids is 1. The van der Waals surface area contributed by atoms with E-state index in [1.165, 1.54) is 257 Å². The molecule has 81 heavy (non-hydrogen) atoms. The van der Waals surface area contributed by atoms with E-state index in [2.05, 4.69) is 62.5 Å². The second kappa shape index (κ2) is 63.3. The summed E-state index contributed by atoms with van der Waals surface area (Å²) in [6, 6.07) is 0. The van der Waals surface area contributed by atoms with Gasteiger partial charge in [-0.15, -0.1) is 0 Å². The molecule has 0 aromatic carbocycles. The van der Waals surface area contributed by atoms with Crippen LogP contribution in [0.5, 0.6) is 0 Å². The summed E-state index contributed by atoms with van der Waals surface area (Å²) in [7, 11) is 5.94. The summed E-state index contributed by atoms with van der Waals surface area (Å²) in [4.78, 5) is 37.5. The predicted molar refractivity (Wildman–Crippen MR) is 343 cm³/mol. The molecule has 0 rings (SSSR count). The largest absolute Gasteiger partial charge is 0.545 e. The summed E-state index contributed by atoms with van der Waals surface area (Å²) in [6.45, 7) is 4.78. The molecule has 0 fully saturated rings. The smallest absolute Gasteiger partial charge is 0.306 e. The summed E-state index contributed by atoms with van der Waals surface area (Å²) in [5, 5.41) is 11.8. The van der Waals surface area contributed by atoms with Crippen LogP contribution in [0.3, 0.4) is 0 Å². The molecular weight excluding hydrogens is 1010 g/mol. The molecule has 0 aliphatic rings. The second-order valence-corrected chi connectivity index (χ2v) is 24.8. The first-order valence-corrected chi connectivity index (χ1v) is 34.8. The predicted octanol–water partition coefficient (Wildman–Crippen LogP) is 20.0. The van der Waals surface area contributed by atoms with Crippen LogP contribution in [0.1, 0.15) is 335 Å². The molecule has 0 aromatic rings. The van der Waals surface area contributed by atoms with Gasteiger partial charge in [-0.05, 0) is 77.0 Å². The molecule has 0 radical (unpaired) electrons. The fourth-order valence-electron chi connectivity index (χ4n) is 10.2. The van der Waals surface area contributed by atoms with Crippen molar-refractivity contribution in [2.45, 2.75) is 347 Å². The molecule has 0 amide bonds. The van der Waals surface area contributed by atoms with E-state index in [1.54, 1.807) is 0 Å². The van der Waals surface area contributed by atoms with E-state index in [1.807, 2.05) is 21.1 Å². The Bertz CT molecular complexity index is 1470. The number of carboxylic acids is 1. The molecule has 2 unspecified atom stereocenters. The number of carbonyl (C=O) groups excluding carboxylic acids is 3. The quantitative estimate of drug-likeness (QED) is 0.0195. The van der Waals surface area contributed by atoms with Gasteiger partial charge in [0.25, 0.3) is 0 Å². The fraction of sp³-hybridized carbons (Fsp3) is 0.847. The normalized spacial score (nSPS) is 13.0. The van der Waals surface area contributed by atoms with E-state index in [0.29, 0.717) is 23.9 Å². The minimum Gasteiger partial charge on any atom is -0.545 e. The number of carboxylic acid groups (broad SMARTS) is 1. The molecule has 0 bridgehead atoms. The Hall–Kier alpha value is -2.75. The standard InChI is InChI=1S/C72H133NO8/c1-6-8-10-12-14-16-18-20-22-24-26-28-30-32-33-34-35-36-37-39-41-43-45-47-49-51-53-55-57-59-61-63-70(75)81-68(67-80-72(71(76)77)78-65-64-73(3,4)5)66-79-69(74)62-60-58-56-54-52-50-48-46-44-42-40-38-31-29-27-25-23-21-19-17-15-13-11-9-7-2/h18-21,24-27,68,72H,6-17,22-23,28-67H2,1-5H3/b20-18-,21-19-,26-24-,27-25-. The molecule has 0 heterocycles. The van der Waals surface area contributed by atoms with Gasteiger partial charge in [-0.2, -0.15) is 0 Å². The van der Waals surface area contributed by atoms with Gasteiger partial charge in [0.2, 0.25) is 0 Å². The summed E-state index contributed by atoms with van der Waals surface area (Å²) < 4.78 is 22.8. The number of allylic oxidation sites excluding steroid dienone is 8. The number of nitrogens with zero attached hydrogens (tertiary/aromatic N) is 1. The van der Waals surface area contributed by atoms with Crippen molar-refractivity contribution in [2.75, 3.05) is 47.5 Å². The Morgan fingerprint density at radius 3 is 0.975 bits per heavy atom. The van der Waals surface area contributed by atoms with Crippen molar-refractivity contribution in [3.8, 4) is 0 Å². The van der Waals surface area contributed by atoms with Crippen LogP contribution in [0.15, 0.2) is 48.6 Å². The molecule has 0 aliphatic carbocycles. The number of rotatable bonds is 65. The van der Waals surface area contributed by atoms with Crippen LogP contribution in [0, 0.1) is 0 Å². The van der Waals surface area contributed by atoms with Crippen molar-refractivity contribution in [2.24, 2.45) is 0 Å². The third-order valence-electron chi connectivity index (χ3n) is 15.5. The van der Waals surface area contributed by atoms with Crippen molar-refractivity contribution in [1.82, 2.24) is 0 Å². The van der Waals surface area contributed by atoms with Crippen LogP contribution < -0.4 is 5.11 Å². The molecule has 9 nitrogen and oxygen atoms in total. The van der Waals surface area contributed by atoms with Crippen molar-refractivity contribution in [3.63, 3.8) is 0 Å². The Kier molecular flexibility index (Phi) is 61.1. The Morgan fingerprint density at radius 1 is 0.370 bits per heavy atom. The SMILES string of the molecule is CCCCCCC/C=C\C/C=C\CCCCCCCCCCCCCCCCCCCCCC(=O)OC(COC(=O)CCCCCCCCCCCCCCC/C=C\C/C=C\CCCCCCC)COC(OCC[N+](C)(C)C)C(=O)[O-]. The topological polar surface area (TPSA) is 111 Å². The number of quaternary nitrogens is 1. The molecule has 0 N–H and O–H groups in total. The van der Waals surface area contributed by atoms with Crippen molar-refractivity contribution < 1.29 is 42.9 Å². The van der Waals surface area contributed by atoms with Crippen LogP contribution in [-0.4, -0.2) is 82.3 Å². The van der Waals surface area contributed by atoms with E-state index in [-0.39, 0.29) is 32.2 Å². The number of hydrogen-bond acceptors (Lipinski definition) is 8. The first kappa shape index (κ1) is 78.2. The Morgan fingerprint density at radius 2 is 0.667 bits per heavy atom. The highest BCUT2D eigenvalue weighted by atomic mass is 16.7. The fourth-order valence-corrected chi connectivity index (χ4v) is 10.2. The molecule has 474 valence electrons. The maximum Gasteiger partial charge on any atom is 0.306 e. The molecule has 0 aliphatic heterocycles. The minimum absolute atomic E-state index is 0.149. The van der Waals surface area contributed by atoms with Gasteiger partial charge in [-0.25, -0.2) is 0 Å². The van der Waals surface area contributed by atoms with Gasteiger partial charge in [0.05, 0.1) is 40.3 Å². The lowest BCUT2D eigenvalue weighted by atomic mass is 10.0. The van der Waals surface area contributed by atoms with Crippen LogP contribution >= 0.6 is 0 Å². The van der Waals surface area contributed by atoms with E-state index < -0.39 is 24.3 Å². The number of carbonyl (C=O) groups is 3. The third kappa shape index (κ3) is 64.7. The lowest BCUT2D eigenvalue weighted by Crippen LogP contribution is -2.44. The summed E-state index contributed by atoms with van der Waals surface area (Å²) in [6.07, 6.45) is 77.6. The zero-order valence-corrected chi connectivity index (χ0v) is 54.2. The lowest BCUT2D eigenvalue weighted by Gasteiger charge is -2.26. The van der Waals surface area contributed by atoms with Gasteiger partial charge in [-0.3, -0.25) is 9.59 Å². The van der Waals surface area contributed by atoms with E-state index >= 15 is 0 Å². The Labute approximate surface area is 502 Å². The van der Waals surface area contributed by atoms with E-state index in [9.17, 15) is 19.5 Å². The number of esters is 2. The first-order valence-electron chi connectivity index (χ1n) is 34.8. The van der Waals surface area contributed by atoms with Crippen LogP contribution in [0.4, 0.5) is 0 Å². The van der Waals surface area contributed by atoms with Gasteiger partial charge in [0.15, 0.2) is 12.4 Å². The van der Waals surface area contributed by atoms with Crippen molar-refractivity contribution >= 4 is 17.9 Å². The number of likely N-dealkylation sites (N-methyl/N-ethyl adjacent to an activating group) is 1. The maximum atomic E-state index is 12.9. The molecule has 0 spiro atoms. The zero-order chi connectivity index (χ0) is 59.1. The summed E-state index contributed by atoms with van der Waals surface area (Å²) in [5.41, 5.74) is 0. The molecule has 0 saturated heterocycles. The monoisotopic (exact) mass is 1140 g/mol. The van der Waals surface area contributed by atoms with Gasteiger partial charge >= 0.3 is 11.9 Å². The third-order valence-corrected chi connectivity index (χ3v) is 15.5. The maximum absolute atomic E-state index is 12.9. The highest BCUT2D eigenvalue weighted by Crippen LogP contribution is 2.18. The summed E-state index contributed by atoms with van der Waals surface area (Å²) >= 11 is 0. The van der Waals surface area contributed by atoms with Crippen molar-refractivity contribution in [1.29, 1.82) is 0 Å². The highest BCUT2D eigenvalue weighted by Gasteiger charge is 2.22. The van der Waals surface area contributed by atoms with Gasteiger partial charge < -0.3 is 33.3 Å². The molecule has 0 saturated carbocycles. The zero-order valence-electron chi connectivity index (χ0n) is 54.2. The lowest BCUT2D eigenvalue weighted by molar-refractivity contribution is -0.870. The van der Waals surface area contributed by atoms with Crippen LogP contribution in [-0.2, 0) is 33.3 Å². The number of hydrogen-bond donors (Lipinski definition) is 0. The van der Waals surface area contributed by atoms with Gasteiger partial charge in [0, 0.05) is 12.8 Å². The molecular formula is C72H133NO8. The molecule has 9 heteroatoms. The van der Waals surface area contributed by atoms with E-state index in [4.69, 9.17) is 18.9 Å². The van der Waals surface area contributed by atoms with Crippen LogP contribution in [0.25, 0.3) is 0 Å². The Balaban J connectivity index is 4.08. The van der Waals surface area contributed by atoms with Crippen LogP contribution in [0.2, 0.25) is 0 Å². The summed E-state index contributed by atoms with van der Waals surface area (Å²) in [5.74, 6) is -2.26. The number of unbranched alkanes of at least 4 members (excludes halogenated alkanes) is 42. The first-order chi connectivity index (χ1) is 39.6. The molecule has 0 aromatic heterocycles. The van der Waals surface area contributed by atoms with Gasteiger partial charge in [0.1, 0.15) is 13.2 Å². The highest BCUT2D eigenvalue weighted by molar-refractivity contribution is 5.70. The second-order valence-electron chi connectivity index (χ2n) is 24.8. The van der Waals surface area contributed by atoms with Crippen molar-refractivity contribution in [3.05, 3.63) is 48.6 Å². The van der Waals surface area contributed by atoms with Gasteiger partial charge in [-0.1, -0.05) is 294 Å².